The smallest absolute Gasteiger partial charge is 0.312 e. The number of hydrogen-bond acceptors (Lipinski definition) is 5. The van der Waals surface area contributed by atoms with E-state index < -0.39 is 11.9 Å². The number of aryl methyl sites for hydroxylation is 1. The normalized spacial score (nSPS) is 16.7. The minimum absolute atomic E-state index is 0.432. The second-order valence-electron chi connectivity index (χ2n) is 5.07. The van der Waals surface area contributed by atoms with E-state index in [1.807, 2.05) is 18.2 Å². The van der Waals surface area contributed by atoms with Crippen molar-refractivity contribution in [2.45, 2.75) is 32.2 Å². The van der Waals surface area contributed by atoms with Gasteiger partial charge in [0.05, 0.1) is 17.9 Å². The lowest BCUT2D eigenvalue weighted by molar-refractivity contribution is -0.138. The molecule has 2 heterocycles. The molecule has 1 N–H and O–H groups in total. The lowest BCUT2D eigenvalue weighted by Gasteiger charge is -2.19. The van der Waals surface area contributed by atoms with Gasteiger partial charge in [0.25, 0.3) is 0 Å². The van der Waals surface area contributed by atoms with E-state index in [9.17, 15) is 9.90 Å². The first kappa shape index (κ1) is 14.0. The summed E-state index contributed by atoms with van der Waals surface area (Å²) in [6.45, 7) is 3.59. The number of hydrogen-bond donors (Lipinski definition) is 1. The van der Waals surface area contributed by atoms with Crippen LogP contribution in [0, 0.1) is 0 Å². The summed E-state index contributed by atoms with van der Waals surface area (Å²) in [6.07, 6.45) is 3.28. The molecular weight excluding hydrogens is 286 g/mol. The standard InChI is InChI=1S/C15H17N3O2S/c1-2-18(9-10-5-3-4-8-16-10)15-17-13-11(14(19)20)6-7-12(13)21-15/h3-5,8,11H,2,6-7,9H2,1H3,(H,19,20). The highest BCUT2D eigenvalue weighted by Gasteiger charge is 2.33. The summed E-state index contributed by atoms with van der Waals surface area (Å²) in [6, 6.07) is 5.86. The van der Waals surface area contributed by atoms with Gasteiger partial charge < -0.3 is 10.0 Å². The van der Waals surface area contributed by atoms with Crippen LogP contribution >= 0.6 is 11.3 Å². The van der Waals surface area contributed by atoms with E-state index in [1.54, 1.807) is 17.5 Å². The average Bonchev–Trinajstić information content (AvgIpc) is 3.05. The maximum Gasteiger partial charge on any atom is 0.312 e. The van der Waals surface area contributed by atoms with Crippen LogP contribution in [-0.2, 0) is 17.8 Å². The molecule has 0 saturated carbocycles. The zero-order chi connectivity index (χ0) is 14.8. The molecule has 0 aliphatic heterocycles. The molecule has 0 fully saturated rings. The molecule has 1 unspecified atom stereocenters. The van der Waals surface area contributed by atoms with Crippen molar-refractivity contribution in [3.63, 3.8) is 0 Å². The van der Waals surface area contributed by atoms with Crippen LogP contribution in [0.1, 0.15) is 35.5 Å². The lowest BCUT2D eigenvalue weighted by atomic mass is 10.1. The maximum absolute atomic E-state index is 11.2. The number of nitrogens with zero attached hydrogens (tertiary/aromatic N) is 3. The number of thiazole rings is 1. The molecule has 1 aliphatic carbocycles. The van der Waals surface area contributed by atoms with Crippen molar-refractivity contribution >= 4 is 22.4 Å². The second kappa shape index (κ2) is 5.81. The molecule has 0 aromatic carbocycles. The van der Waals surface area contributed by atoms with Crippen LogP contribution in [0.2, 0.25) is 0 Å². The number of aromatic nitrogens is 2. The van der Waals surface area contributed by atoms with E-state index in [4.69, 9.17) is 0 Å². The number of carboxylic acids is 1. The SMILES string of the molecule is CCN(Cc1ccccn1)c1nc2c(s1)CCC2C(=O)O. The van der Waals surface area contributed by atoms with Gasteiger partial charge in [-0.15, -0.1) is 11.3 Å². The number of anilines is 1. The highest BCUT2D eigenvalue weighted by atomic mass is 32.1. The summed E-state index contributed by atoms with van der Waals surface area (Å²) in [5.41, 5.74) is 1.76. The third kappa shape index (κ3) is 2.76. The van der Waals surface area contributed by atoms with Gasteiger partial charge in [0, 0.05) is 17.6 Å². The van der Waals surface area contributed by atoms with E-state index in [1.165, 1.54) is 0 Å². The van der Waals surface area contributed by atoms with Gasteiger partial charge in [-0.25, -0.2) is 4.98 Å². The predicted octanol–water partition coefficient (Wildman–Crippen LogP) is 2.68. The molecule has 6 heteroatoms. The van der Waals surface area contributed by atoms with Crippen LogP contribution in [0.3, 0.4) is 0 Å². The van der Waals surface area contributed by atoms with Crippen molar-refractivity contribution in [2.75, 3.05) is 11.4 Å². The zero-order valence-electron chi connectivity index (χ0n) is 11.8. The van der Waals surface area contributed by atoms with Crippen molar-refractivity contribution in [2.24, 2.45) is 0 Å². The van der Waals surface area contributed by atoms with Crippen molar-refractivity contribution in [1.82, 2.24) is 9.97 Å². The van der Waals surface area contributed by atoms with Gasteiger partial charge in [-0.1, -0.05) is 6.07 Å². The van der Waals surface area contributed by atoms with E-state index in [2.05, 4.69) is 21.8 Å². The molecule has 2 aromatic heterocycles. The van der Waals surface area contributed by atoms with Gasteiger partial charge in [-0.05, 0) is 31.9 Å². The number of aliphatic carboxylic acids is 1. The molecule has 0 amide bonds. The summed E-state index contributed by atoms with van der Waals surface area (Å²) >= 11 is 1.62. The second-order valence-corrected chi connectivity index (χ2v) is 6.13. The van der Waals surface area contributed by atoms with Crippen molar-refractivity contribution in [3.05, 3.63) is 40.7 Å². The first-order valence-electron chi connectivity index (χ1n) is 7.06. The van der Waals surface area contributed by atoms with Crippen LogP contribution in [0.15, 0.2) is 24.4 Å². The average molecular weight is 303 g/mol. The Morgan fingerprint density at radius 2 is 2.38 bits per heavy atom. The highest BCUT2D eigenvalue weighted by molar-refractivity contribution is 7.15. The van der Waals surface area contributed by atoms with Crippen LogP contribution in [0.25, 0.3) is 0 Å². The monoisotopic (exact) mass is 303 g/mol. The van der Waals surface area contributed by atoms with Crippen molar-refractivity contribution < 1.29 is 9.90 Å². The Morgan fingerprint density at radius 3 is 3.05 bits per heavy atom. The summed E-state index contributed by atoms with van der Waals surface area (Å²) in [4.78, 5) is 23.4. The highest BCUT2D eigenvalue weighted by Crippen LogP contribution is 2.39. The summed E-state index contributed by atoms with van der Waals surface area (Å²) in [5.74, 6) is -1.20. The Bertz CT molecular complexity index is 642. The molecule has 1 atom stereocenters. The summed E-state index contributed by atoms with van der Waals surface area (Å²) in [5, 5.41) is 10.1. The molecular formula is C15H17N3O2S. The molecule has 2 aromatic rings. The predicted molar refractivity (Wildman–Crippen MR) is 81.8 cm³/mol. The van der Waals surface area contributed by atoms with E-state index in [-0.39, 0.29) is 0 Å². The van der Waals surface area contributed by atoms with Gasteiger partial charge in [0.15, 0.2) is 5.13 Å². The fourth-order valence-electron chi connectivity index (χ4n) is 2.59. The third-order valence-corrected chi connectivity index (χ3v) is 4.93. The Morgan fingerprint density at radius 1 is 1.52 bits per heavy atom. The fraction of sp³-hybridized carbons (Fsp3) is 0.400. The number of carboxylic acid groups (broad SMARTS) is 1. The minimum Gasteiger partial charge on any atom is -0.481 e. The van der Waals surface area contributed by atoms with Gasteiger partial charge >= 0.3 is 5.97 Å². The third-order valence-electron chi connectivity index (χ3n) is 3.74. The Kier molecular flexibility index (Phi) is 3.88. The Hall–Kier alpha value is -1.95. The molecule has 110 valence electrons. The van der Waals surface area contributed by atoms with Gasteiger partial charge in [0.2, 0.25) is 0 Å². The Balaban J connectivity index is 1.83. The largest absolute Gasteiger partial charge is 0.481 e. The van der Waals surface area contributed by atoms with E-state index in [0.29, 0.717) is 13.0 Å². The fourth-order valence-corrected chi connectivity index (χ4v) is 3.79. The van der Waals surface area contributed by atoms with Crippen LogP contribution in [0.4, 0.5) is 5.13 Å². The number of pyridine rings is 1. The molecule has 0 bridgehead atoms. The van der Waals surface area contributed by atoms with Crippen LogP contribution in [0.5, 0.6) is 0 Å². The molecule has 21 heavy (non-hydrogen) atoms. The van der Waals surface area contributed by atoms with Gasteiger partial charge in [-0.2, -0.15) is 0 Å². The van der Waals surface area contributed by atoms with Crippen LogP contribution in [-0.4, -0.2) is 27.6 Å². The topological polar surface area (TPSA) is 66.3 Å². The lowest BCUT2D eigenvalue weighted by Crippen LogP contribution is -2.22. The number of rotatable bonds is 5. The maximum atomic E-state index is 11.2. The molecule has 0 spiro atoms. The molecule has 1 aliphatic rings. The Labute approximate surface area is 127 Å². The van der Waals surface area contributed by atoms with E-state index >= 15 is 0 Å². The van der Waals surface area contributed by atoms with E-state index in [0.717, 1.165) is 34.4 Å². The molecule has 0 saturated heterocycles. The zero-order valence-corrected chi connectivity index (χ0v) is 12.6. The van der Waals surface area contributed by atoms with Gasteiger partial charge in [-0.3, -0.25) is 9.78 Å². The minimum atomic E-state index is -0.765. The number of carbonyl (C=O) groups is 1. The van der Waals surface area contributed by atoms with Crippen LogP contribution < -0.4 is 4.90 Å². The molecule has 0 radical (unpaired) electrons. The number of fused-ring (bicyclic) bond motifs is 1. The molecule has 3 rings (SSSR count). The first-order chi connectivity index (χ1) is 10.2. The molecule has 5 nitrogen and oxygen atoms in total. The van der Waals surface area contributed by atoms with Crippen molar-refractivity contribution in [1.29, 1.82) is 0 Å². The quantitative estimate of drug-likeness (QED) is 0.920. The van der Waals surface area contributed by atoms with Gasteiger partial charge in [0.1, 0.15) is 5.92 Å². The summed E-state index contributed by atoms with van der Waals surface area (Å²) in [7, 11) is 0. The van der Waals surface area contributed by atoms with Crippen molar-refractivity contribution in [3.8, 4) is 0 Å². The summed E-state index contributed by atoms with van der Waals surface area (Å²) < 4.78 is 0. The first-order valence-corrected chi connectivity index (χ1v) is 7.88.